The molecule has 0 fully saturated rings. The second-order valence-electron chi connectivity index (χ2n) is 5.60. The number of sulfonamides is 1. The standard InChI is InChI=1S/C18H24N2O4S/c1-4-24-17-9-8-15(11-18(17)23-2)13-19-12-14-6-5-7-16(10-14)20-25(3,21)22/h5-11,19-20H,4,12-13H2,1-3H3. The average molecular weight is 364 g/mol. The summed E-state index contributed by atoms with van der Waals surface area (Å²) in [6.45, 7) is 3.80. The van der Waals surface area contributed by atoms with Gasteiger partial charge in [0.25, 0.3) is 0 Å². The third-order valence-electron chi connectivity index (χ3n) is 3.42. The van der Waals surface area contributed by atoms with Gasteiger partial charge in [-0.1, -0.05) is 18.2 Å². The Morgan fingerprint density at radius 3 is 2.36 bits per heavy atom. The maximum atomic E-state index is 11.3. The van der Waals surface area contributed by atoms with Crippen LogP contribution in [0, 0.1) is 0 Å². The van der Waals surface area contributed by atoms with Crippen molar-refractivity contribution in [2.24, 2.45) is 0 Å². The van der Waals surface area contributed by atoms with Crippen molar-refractivity contribution in [3.63, 3.8) is 0 Å². The number of hydrogen-bond acceptors (Lipinski definition) is 5. The van der Waals surface area contributed by atoms with Crippen molar-refractivity contribution in [2.75, 3.05) is 24.7 Å². The van der Waals surface area contributed by atoms with Crippen molar-refractivity contribution in [3.8, 4) is 11.5 Å². The van der Waals surface area contributed by atoms with Gasteiger partial charge in [0.1, 0.15) is 0 Å². The fraction of sp³-hybridized carbons (Fsp3) is 0.333. The minimum atomic E-state index is -3.27. The van der Waals surface area contributed by atoms with E-state index >= 15 is 0 Å². The van der Waals surface area contributed by atoms with Crippen LogP contribution in [0.25, 0.3) is 0 Å². The molecule has 0 bridgehead atoms. The van der Waals surface area contributed by atoms with Gasteiger partial charge in [-0.3, -0.25) is 4.72 Å². The molecular weight excluding hydrogens is 340 g/mol. The lowest BCUT2D eigenvalue weighted by atomic mass is 10.1. The highest BCUT2D eigenvalue weighted by molar-refractivity contribution is 7.92. The first-order chi connectivity index (χ1) is 11.9. The Labute approximate surface area is 149 Å². The maximum absolute atomic E-state index is 11.3. The minimum Gasteiger partial charge on any atom is -0.493 e. The number of ether oxygens (including phenoxy) is 2. The number of methoxy groups -OCH3 is 1. The molecule has 0 saturated carbocycles. The zero-order chi connectivity index (χ0) is 18.3. The first-order valence-corrected chi connectivity index (χ1v) is 9.87. The maximum Gasteiger partial charge on any atom is 0.229 e. The van der Waals surface area contributed by atoms with Crippen LogP contribution in [-0.2, 0) is 23.1 Å². The van der Waals surface area contributed by atoms with Gasteiger partial charge in [-0.2, -0.15) is 0 Å². The Hall–Kier alpha value is -2.25. The molecule has 0 saturated heterocycles. The third kappa shape index (κ3) is 6.28. The summed E-state index contributed by atoms with van der Waals surface area (Å²) in [6.07, 6.45) is 1.14. The summed E-state index contributed by atoms with van der Waals surface area (Å²) >= 11 is 0. The highest BCUT2D eigenvalue weighted by Crippen LogP contribution is 2.28. The third-order valence-corrected chi connectivity index (χ3v) is 4.02. The number of anilines is 1. The van der Waals surface area contributed by atoms with Crippen molar-refractivity contribution < 1.29 is 17.9 Å². The molecule has 0 heterocycles. The summed E-state index contributed by atoms with van der Waals surface area (Å²) in [5, 5.41) is 3.34. The topological polar surface area (TPSA) is 76.7 Å². The van der Waals surface area contributed by atoms with E-state index in [-0.39, 0.29) is 0 Å². The van der Waals surface area contributed by atoms with Gasteiger partial charge in [0.05, 0.1) is 20.0 Å². The van der Waals surface area contributed by atoms with Crippen LogP contribution in [0.1, 0.15) is 18.1 Å². The van der Waals surface area contributed by atoms with Gasteiger partial charge in [-0.05, 0) is 42.3 Å². The highest BCUT2D eigenvalue weighted by Gasteiger charge is 2.06. The molecular formula is C18H24N2O4S. The van der Waals surface area contributed by atoms with E-state index in [1.54, 1.807) is 13.2 Å². The fourth-order valence-corrected chi connectivity index (χ4v) is 2.96. The van der Waals surface area contributed by atoms with E-state index in [0.717, 1.165) is 23.1 Å². The normalized spacial score (nSPS) is 11.2. The molecule has 136 valence electrons. The van der Waals surface area contributed by atoms with Crippen LogP contribution < -0.4 is 19.5 Å². The molecule has 0 aliphatic heterocycles. The molecule has 7 heteroatoms. The quantitative estimate of drug-likeness (QED) is 0.715. The first-order valence-electron chi connectivity index (χ1n) is 7.98. The van der Waals surface area contributed by atoms with Gasteiger partial charge in [0, 0.05) is 18.8 Å². The molecule has 0 amide bonds. The molecule has 25 heavy (non-hydrogen) atoms. The fourth-order valence-electron chi connectivity index (χ4n) is 2.41. The van der Waals surface area contributed by atoms with Crippen LogP contribution >= 0.6 is 0 Å². The molecule has 0 aromatic heterocycles. The van der Waals surface area contributed by atoms with E-state index in [2.05, 4.69) is 10.0 Å². The molecule has 0 atom stereocenters. The predicted octanol–water partition coefficient (Wildman–Crippen LogP) is 2.76. The average Bonchev–Trinajstić information content (AvgIpc) is 2.55. The summed E-state index contributed by atoms with van der Waals surface area (Å²) < 4.78 is 35.9. The summed E-state index contributed by atoms with van der Waals surface area (Å²) in [4.78, 5) is 0. The van der Waals surface area contributed by atoms with Crippen molar-refractivity contribution in [1.29, 1.82) is 0 Å². The SMILES string of the molecule is CCOc1ccc(CNCc2cccc(NS(C)(=O)=O)c2)cc1OC. The minimum absolute atomic E-state index is 0.560. The lowest BCUT2D eigenvalue weighted by Gasteiger charge is -2.12. The van der Waals surface area contributed by atoms with E-state index in [9.17, 15) is 8.42 Å². The first kappa shape index (κ1) is 19.1. The molecule has 0 aliphatic carbocycles. The summed E-state index contributed by atoms with van der Waals surface area (Å²) in [6, 6.07) is 13.1. The molecule has 0 radical (unpaired) electrons. The largest absolute Gasteiger partial charge is 0.493 e. The van der Waals surface area contributed by atoms with Gasteiger partial charge in [-0.15, -0.1) is 0 Å². The van der Waals surface area contributed by atoms with Gasteiger partial charge >= 0.3 is 0 Å². The molecule has 6 nitrogen and oxygen atoms in total. The lowest BCUT2D eigenvalue weighted by molar-refractivity contribution is 0.310. The molecule has 2 rings (SSSR count). The zero-order valence-corrected chi connectivity index (χ0v) is 15.5. The monoisotopic (exact) mass is 364 g/mol. The van der Waals surface area contributed by atoms with E-state index in [4.69, 9.17) is 9.47 Å². The lowest BCUT2D eigenvalue weighted by Crippen LogP contribution is -2.14. The van der Waals surface area contributed by atoms with Crippen molar-refractivity contribution in [2.45, 2.75) is 20.0 Å². The summed E-state index contributed by atoms with van der Waals surface area (Å²) in [5.41, 5.74) is 2.63. The highest BCUT2D eigenvalue weighted by atomic mass is 32.2. The van der Waals surface area contributed by atoms with Crippen LogP contribution in [-0.4, -0.2) is 28.4 Å². The Bertz CT molecular complexity index is 806. The van der Waals surface area contributed by atoms with Gasteiger partial charge < -0.3 is 14.8 Å². The second-order valence-corrected chi connectivity index (χ2v) is 7.34. The number of rotatable bonds is 9. The van der Waals surface area contributed by atoms with Gasteiger partial charge in [0.15, 0.2) is 11.5 Å². The van der Waals surface area contributed by atoms with Crippen molar-refractivity contribution in [1.82, 2.24) is 5.32 Å². The smallest absolute Gasteiger partial charge is 0.229 e. The van der Waals surface area contributed by atoms with Crippen LogP contribution in [0.5, 0.6) is 11.5 Å². The van der Waals surface area contributed by atoms with Crippen molar-refractivity contribution in [3.05, 3.63) is 53.6 Å². The molecule has 2 N–H and O–H groups in total. The number of nitrogens with one attached hydrogen (secondary N) is 2. The van der Waals surface area contributed by atoms with E-state index < -0.39 is 10.0 Å². The molecule has 0 spiro atoms. The Morgan fingerprint density at radius 1 is 1.00 bits per heavy atom. The van der Waals surface area contributed by atoms with Crippen LogP contribution in [0.15, 0.2) is 42.5 Å². The van der Waals surface area contributed by atoms with Crippen LogP contribution in [0.2, 0.25) is 0 Å². The van der Waals surface area contributed by atoms with E-state index in [1.807, 2.05) is 43.3 Å². The van der Waals surface area contributed by atoms with Gasteiger partial charge in [0.2, 0.25) is 10.0 Å². The molecule has 0 unspecified atom stereocenters. The Kier molecular flexibility index (Phi) is 6.66. The van der Waals surface area contributed by atoms with E-state index in [1.165, 1.54) is 0 Å². The Balaban J connectivity index is 1.95. The van der Waals surface area contributed by atoms with Crippen LogP contribution in [0.3, 0.4) is 0 Å². The Morgan fingerprint density at radius 2 is 1.72 bits per heavy atom. The molecule has 2 aromatic carbocycles. The van der Waals surface area contributed by atoms with Gasteiger partial charge in [-0.25, -0.2) is 8.42 Å². The number of benzene rings is 2. The predicted molar refractivity (Wildman–Crippen MR) is 99.6 cm³/mol. The van der Waals surface area contributed by atoms with E-state index in [0.29, 0.717) is 31.1 Å². The zero-order valence-electron chi connectivity index (χ0n) is 14.7. The van der Waals surface area contributed by atoms with Crippen molar-refractivity contribution >= 4 is 15.7 Å². The summed E-state index contributed by atoms with van der Waals surface area (Å²) in [7, 11) is -1.65. The second kappa shape index (κ2) is 8.73. The molecule has 2 aromatic rings. The summed E-state index contributed by atoms with van der Waals surface area (Å²) in [5.74, 6) is 1.44. The van der Waals surface area contributed by atoms with Crippen LogP contribution in [0.4, 0.5) is 5.69 Å². The number of hydrogen-bond donors (Lipinski definition) is 2. The molecule has 0 aliphatic rings.